The fourth-order valence-electron chi connectivity index (χ4n) is 3.26. The van der Waals surface area contributed by atoms with Crippen LogP contribution in [0.25, 0.3) is 0 Å². The van der Waals surface area contributed by atoms with Crippen LogP contribution in [0.2, 0.25) is 0 Å². The van der Waals surface area contributed by atoms with Gasteiger partial charge in [-0.05, 0) is 48.6 Å². The summed E-state index contributed by atoms with van der Waals surface area (Å²) in [4.78, 5) is 13.9. The molecule has 144 valence electrons. The van der Waals surface area contributed by atoms with Gasteiger partial charge in [0.25, 0.3) is 0 Å². The van der Waals surface area contributed by atoms with E-state index < -0.39 is 0 Å². The van der Waals surface area contributed by atoms with Crippen molar-refractivity contribution in [2.75, 3.05) is 0 Å². The summed E-state index contributed by atoms with van der Waals surface area (Å²) in [6.45, 7) is 16.0. The molecule has 0 spiro atoms. The third-order valence-electron chi connectivity index (χ3n) is 4.67. The Labute approximate surface area is 162 Å². The molecule has 2 rings (SSSR count). The summed E-state index contributed by atoms with van der Waals surface area (Å²) in [5.41, 5.74) is 3.43. The number of nitrogens with zero attached hydrogens (tertiary/aromatic N) is 2. The van der Waals surface area contributed by atoms with Crippen molar-refractivity contribution in [2.45, 2.75) is 73.9 Å². The van der Waals surface area contributed by atoms with Crippen LogP contribution in [0.1, 0.15) is 68.9 Å². The summed E-state index contributed by atoms with van der Waals surface area (Å²) >= 11 is 1.70. The van der Waals surface area contributed by atoms with Crippen LogP contribution in [0.5, 0.6) is 0 Å². The Morgan fingerprint density at radius 3 is 2.54 bits per heavy atom. The molecular formula is C21H33N3OS. The number of nitrogens with one attached hydrogen (secondary N) is 1. The van der Waals surface area contributed by atoms with E-state index in [-0.39, 0.29) is 17.4 Å². The largest absolute Gasteiger partial charge is 0.348 e. The Morgan fingerprint density at radius 2 is 2.00 bits per heavy atom. The molecule has 2 heterocycles. The van der Waals surface area contributed by atoms with E-state index in [1.807, 2.05) is 13.0 Å². The number of hydrogen-bond acceptors (Lipinski definition) is 3. The molecule has 2 aromatic heterocycles. The van der Waals surface area contributed by atoms with Crippen molar-refractivity contribution in [1.29, 1.82) is 0 Å². The molecule has 0 aromatic carbocycles. The topological polar surface area (TPSA) is 46.9 Å². The van der Waals surface area contributed by atoms with E-state index in [4.69, 9.17) is 0 Å². The van der Waals surface area contributed by atoms with Gasteiger partial charge in [0.1, 0.15) is 0 Å². The maximum Gasteiger partial charge on any atom is 0.220 e. The minimum atomic E-state index is -0.0194. The molecule has 2 aromatic rings. The Kier molecular flexibility index (Phi) is 6.67. The van der Waals surface area contributed by atoms with E-state index in [0.717, 1.165) is 18.7 Å². The molecule has 0 radical (unpaired) electrons. The molecule has 26 heavy (non-hydrogen) atoms. The van der Waals surface area contributed by atoms with Gasteiger partial charge in [0.2, 0.25) is 5.91 Å². The fourth-order valence-corrected chi connectivity index (χ4v) is 4.28. The average molecular weight is 376 g/mol. The number of aryl methyl sites for hydroxylation is 1. The Balaban J connectivity index is 2.03. The predicted molar refractivity (Wildman–Crippen MR) is 110 cm³/mol. The molecule has 0 bridgehead atoms. The summed E-state index contributed by atoms with van der Waals surface area (Å²) in [7, 11) is 0. The summed E-state index contributed by atoms with van der Waals surface area (Å²) in [6.07, 6.45) is 1.23. The van der Waals surface area contributed by atoms with Gasteiger partial charge in [-0.1, -0.05) is 40.7 Å². The van der Waals surface area contributed by atoms with Crippen molar-refractivity contribution >= 4 is 17.2 Å². The second kappa shape index (κ2) is 8.38. The molecule has 4 nitrogen and oxygen atoms in total. The minimum Gasteiger partial charge on any atom is -0.348 e. The molecule has 1 unspecified atom stereocenters. The molecule has 0 fully saturated rings. The lowest BCUT2D eigenvalue weighted by Crippen LogP contribution is -2.36. The van der Waals surface area contributed by atoms with Crippen molar-refractivity contribution in [2.24, 2.45) is 11.3 Å². The molecule has 0 aliphatic carbocycles. The first-order valence-electron chi connectivity index (χ1n) is 9.45. The highest BCUT2D eigenvalue weighted by molar-refractivity contribution is 7.10. The van der Waals surface area contributed by atoms with E-state index in [2.05, 4.69) is 68.1 Å². The predicted octanol–water partition coefficient (Wildman–Crippen LogP) is 5.05. The van der Waals surface area contributed by atoms with Crippen molar-refractivity contribution in [3.63, 3.8) is 0 Å². The van der Waals surface area contributed by atoms with Gasteiger partial charge in [-0.2, -0.15) is 5.10 Å². The maximum absolute atomic E-state index is 12.6. The molecular weight excluding hydrogens is 342 g/mol. The lowest BCUT2D eigenvalue weighted by atomic mass is 9.85. The zero-order valence-electron chi connectivity index (χ0n) is 17.2. The van der Waals surface area contributed by atoms with Crippen LogP contribution in [-0.4, -0.2) is 15.7 Å². The first-order chi connectivity index (χ1) is 12.1. The summed E-state index contributed by atoms with van der Waals surface area (Å²) in [6, 6.07) is 4.19. The zero-order valence-corrected chi connectivity index (χ0v) is 18.0. The van der Waals surface area contributed by atoms with E-state index >= 15 is 0 Å². The molecule has 0 aliphatic heterocycles. The number of carbonyl (C=O) groups excluding carboxylic acids is 1. The van der Waals surface area contributed by atoms with Crippen LogP contribution in [0, 0.1) is 25.2 Å². The fraction of sp³-hybridized carbons (Fsp3) is 0.619. The van der Waals surface area contributed by atoms with Gasteiger partial charge in [-0.3, -0.25) is 9.48 Å². The standard InChI is InChI=1S/C21H33N3OS/c1-14(2)13-24-16(4)17(15(3)23-24)10-11-19(25)22-20(21(5,6)7)18-9-8-12-26-18/h8-9,12,14,20H,10-11,13H2,1-7H3,(H,22,25). The quantitative estimate of drug-likeness (QED) is 0.736. The summed E-state index contributed by atoms with van der Waals surface area (Å²) in [5.74, 6) is 0.663. The average Bonchev–Trinajstić information content (AvgIpc) is 3.11. The molecule has 5 heteroatoms. The van der Waals surface area contributed by atoms with Crippen molar-refractivity contribution in [1.82, 2.24) is 15.1 Å². The van der Waals surface area contributed by atoms with Gasteiger partial charge >= 0.3 is 0 Å². The maximum atomic E-state index is 12.6. The normalized spacial score (nSPS) is 13.2. The smallest absolute Gasteiger partial charge is 0.220 e. The lowest BCUT2D eigenvalue weighted by molar-refractivity contribution is -0.122. The van der Waals surface area contributed by atoms with Crippen LogP contribution < -0.4 is 5.32 Å². The molecule has 0 saturated heterocycles. The first-order valence-corrected chi connectivity index (χ1v) is 10.3. The van der Waals surface area contributed by atoms with E-state index in [1.54, 1.807) is 11.3 Å². The Hall–Kier alpha value is -1.62. The SMILES string of the molecule is Cc1nn(CC(C)C)c(C)c1CCC(=O)NC(c1cccs1)C(C)(C)C. The van der Waals surface area contributed by atoms with Gasteiger partial charge in [0.15, 0.2) is 0 Å². The summed E-state index contributed by atoms with van der Waals surface area (Å²) < 4.78 is 2.08. The van der Waals surface area contributed by atoms with Crippen LogP contribution in [0.15, 0.2) is 17.5 Å². The molecule has 0 saturated carbocycles. The second-order valence-electron chi connectivity index (χ2n) is 8.61. The van der Waals surface area contributed by atoms with Crippen molar-refractivity contribution in [3.8, 4) is 0 Å². The first kappa shape index (κ1) is 20.7. The number of amides is 1. The minimum absolute atomic E-state index is 0.0194. The molecule has 1 atom stereocenters. The third-order valence-corrected chi connectivity index (χ3v) is 5.61. The number of rotatable bonds is 7. The van der Waals surface area contributed by atoms with Gasteiger partial charge in [0, 0.05) is 23.5 Å². The lowest BCUT2D eigenvalue weighted by Gasteiger charge is -2.30. The van der Waals surface area contributed by atoms with E-state index in [0.29, 0.717) is 12.3 Å². The van der Waals surface area contributed by atoms with Gasteiger partial charge in [-0.15, -0.1) is 11.3 Å². The monoisotopic (exact) mass is 375 g/mol. The van der Waals surface area contributed by atoms with Gasteiger partial charge in [-0.25, -0.2) is 0 Å². The van der Waals surface area contributed by atoms with Gasteiger partial charge in [0.05, 0.1) is 11.7 Å². The number of carbonyl (C=O) groups is 1. The molecule has 0 aliphatic rings. The van der Waals surface area contributed by atoms with Gasteiger partial charge < -0.3 is 5.32 Å². The second-order valence-corrected chi connectivity index (χ2v) is 9.59. The number of hydrogen-bond donors (Lipinski definition) is 1. The van der Waals surface area contributed by atoms with Crippen LogP contribution in [0.3, 0.4) is 0 Å². The van der Waals surface area contributed by atoms with E-state index in [9.17, 15) is 4.79 Å². The van der Waals surface area contributed by atoms with Crippen LogP contribution in [-0.2, 0) is 17.8 Å². The van der Waals surface area contributed by atoms with Crippen molar-refractivity contribution < 1.29 is 4.79 Å². The number of aromatic nitrogens is 2. The van der Waals surface area contributed by atoms with E-state index in [1.165, 1.54) is 16.1 Å². The summed E-state index contributed by atoms with van der Waals surface area (Å²) in [5, 5.41) is 9.97. The highest BCUT2D eigenvalue weighted by atomic mass is 32.1. The highest BCUT2D eigenvalue weighted by Crippen LogP contribution is 2.35. The zero-order chi connectivity index (χ0) is 19.5. The number of thiophene rings is 1. The van der Waals surface area contributed by atoms with Crippen molar-refractivity contribution in [3.05, 3.63) is 39.3 Å². The Morgan fingerprint density at radius 1 is 1.31 bits per heavy atom. The molecule has 1 N–H and O–H groups in total. The van der Waals surface area contributed by atoms with Crippen LogP contribution >= 0.6 is 11.3 Å². The van der Waals surface area contributed by atoms with Crippen LogP contribution in [0.4, 0.5) is 0 Å². The molecule has 1 amide bonds. The third kappa shape index (κ3) is 5.19. The highest BCUT2D eigenvalue weighted by Gasteiger charge is 2.28. The Bertz CT molecular complexity index is 723.